The zero-order chi connectivity index (χ0) is 12.3. The molecule has 0 spiro atoms. The Labute approximate surface area is 101 Å². The Balaban J connectivity index is 1.74. The molecule has 5 heteroatoms. The summed E-state index contributed by atoms with van der Waals surface area (Å²) in [6.45, 7) is 5.43. The average molecular weight is 238 g/mol. The molecule has 0 atom stereocenters. The van der Waals surface area contributed by atoms with Crippen LogP contribution in [0.3, 0.4) is 0 Å². The highest BCUT2D eigenvalue weighted by Gasteiger charge is 2.21. The van der Waals surface area contributed by atoms with Crippen molar-refractivity contribution in [3.8, 4) is 0 Å². The zero-order valence-electron chi connectivity index (χ0n) is 10.3. The molecule has 94 valence electrons. The van der Waals surface area contributed by atoms with Gasteiger partial charge in [-0.2, -0.15) is 0 Å². The molecule has 2 heterocycles. The first-order valence-electron chi connectivity index (χ1n) is 5.81. The van der Waals surface area contributed by atoms with Crippen LogP contribution in [0.2, 0.25) is 0 Å². The van der Waals surface area contributed by atoms with Crippen LogP contribution in [0.25, 0.3) is 0 Å². The number of hydrogen-bond acceptors (Lipinski definition) is 4. The van der Waals surface area contributed by atoms with Crippen LogP contribution >= 0.6 is 0 Å². The van der Waals surface area contributed by atoms with Crippen molar-refractivity contribution in [1.82, 2.24) is 9.80 Å². The van der Waals surface area contributed by atoms with Gasteiger partial charge in [0.2, 0.25) is 0 Å². The lowest BCUT2D eigenvalue weighted by Gasteiger charge is -2.19. The van der Waals surface area contributed by atoms with Crippen molar-refractivity contribution in [3.63, 3.8) is 0 Å². The van der Waals surface area contributed by atoms with Gasteiger partial charge in [0.05, 0.1) is 13.1 Å². The second-order valence-corrected chi connectivity index (χ2v) is 4.35. The minimum Gasteiger partial charge on any atom is -0.465 e. The summed E-state index contributed by atoms with van der Waals surface area (Å²) < 4.78 is 10.4. The maximum atomic E-state index is 11.2. The predicted molar refractivity (Wildman–Crippen MR) is 62.7 cm³/mol. The Hall–Kier alpha value is -1.49. The van der Waals surface area contributed by atoms with Gasteiger partial charge in [0.25, 0.3) is 0 Å². The number of nitrogens with zero attached hydrogens (tertiary/aromatic N) is 2. The predicted octanol–water partition coefficient (Wildman–Crippen LogP) is 1.47. The van der Waals surface area contributed by atoms with E-state index in [9.17, 15) is 4.79 Å². The number of carbonyl (C=O) groups is 1. The summed E-state index contributed by atoms with van der Waals surface area (Å²) in [5.41, 5.74) is 0. The van der Waals surface area contributed by atoms with Gasteiger partial charge < -0.3 is 14.1 Å². The quantitative estimate of drug-likeness (QED) is 0.779. The second-order valence-electron chi connectivity index (χ2n) is 4.35. The van der Waals surface area contributed by atoms with Crippen molar-refractivity contribution in [2.45, 2.75) is 13.5 Å². The number of likely N-dealkylation sites (N-methyl/N-ethyl adjacent to an activating group) is 1. The molecule has 0 saturated carbocycles. The summed E-state index contributed by atoms with van der Waals surface area (Å²) in [5.74, 6) is 1.88. The summed E-state index contributed by atoms with van der Waals surface area (Å²) in [5, 5.41) is 0. The molecule has 5 nitrogen and oxygen atoms in total. The first kappa shape index (κ1) is 12.0. The van der Waals surface area contributed by atoms with E-state index in [-0.39, 0.29) is 6.09 Å². The first-order chi connectivity index (χ1) is 8.15. The summed E-state index contributed by atoms with van der Waals surface area (Å²) in [4.78, 5) is 15.1. The van der Waals surface area contributed by atoms with E-state index in [2.05, 4.69) is 4.90 Å². The average Bonchev–Trinajstić information content (AvgIpc) is 2.85. The van der Waals surface area contributed by atoms with Gasteiger partial charge in [0.15, 0.2) is 0 Å². The highest BCUT2D eigenvalue weighted by atomic mass is 16.6. The third-order valence-electron chi connectivity index (χ3n) is 2.82. The summed E-state index contributed by atoms with van der Waals surface area (Å²) >= 11 is 0. The van der Waals surface area contributed by atoms with E-state index in [0.717, 1.165) is 24.6 Å². The number of cyclic esters (lactones) is 1. The molecule has 1 aromatic rings. The molecule has 2 rings (SSSR count). The lowest BCUT2D eigenvalue weighted by atomic mass is 10.4. The van der Waals surface area contributed by atoms with Crippen LogP contribution in [0, 0.1) is 6.92 Å². The highest BCUT2D eigenvalue weighted by Crippen LogP contribution is 2.09. The molecule has 1 amide bonds. The van der Waals surface area contributed by atoms with E-state index in [1.807, 2.05) is 26.1 Å². The molecule has 1 saturated heterocycles. The van der Waals surface area contributed by atoms with E-state index >= 15 is 0 Å². The number of furan rings is 1. The van der Waals surface area contributed by atoms with Crippen LogP contribution in [0.15, 0.2) is 16.5 Å². The van der Waals surface area contributed by atoms with Crippen molar-refractivity contribution < 1.29 is 13.9 Å². The minimum absolute atomic E-state index is 0.202. The molecule has 0 aliphatic carbocycles. The van der Waals surface area contributed by atoms with E-state index in [4.69, 9.17) is 9.15 Å². The van der Waals surface area contributed by atoms with Crippen molar-refractivity contribution >= 4 is 6.09 Å². The number of rotatable bonds is 5. The summed E-state index contributed by atoms with van der Waals surface area (Å²) in [6.07, 6.45) is -0.202. The SMILES string of the molecule is Cc1ccc(CN(C)CCN2CCOC2=O)o1. The Bertz CT molecular complexity index is 389. The van der Waals surface area contributed by atoms with Crippen molar-refractivity contribution in [2.75, 3.05) is 33.3 Å². The molecule has 0 unspecified atom stereocenters. The van der Waals surface area contributed by atoms with Gasteiger partial charge in [-0.15, -0.1) is 0 Å². The van der Waals surface area contributed by atoms with Crippen molar-refractivity contribution in [2.24, 2.45) is 0 Å². The largest absolute Gasteiger partial charge is 0.465 e. The molecule has 1 fully saturated rings. The molecule has 0 N–H and O–H groups in total. The molecule has 1 aliphatic heterocycles. The third kappa shape index (κ3) is 3.23. The molecule has 0 bridgehead atoms. The van der Waals surface area contributed by atoms with Gasteiger partial charge in [-0.25, -0.2) is 4.79 Å². The second kappa shape index (κ2) is 5.23. The lowest BCUT2D eigenvalue weighted by Crippen LogP contribution is -2.33. The monoisotopic (exact) mass is 238 g/mol. The molecular formula is C12H18N2O3. The normalized spacial score (nSPS) is 15.7. The molecule has 1 aromatic heterocycles. The van der Waals surface area contributed by atoms with Crippen molar-refractivity contribution in [1.29, 1.82) is 0 Å². The fourth-order valence-corrected chi connectivity index (χ4v) is 1.84. The number of carbonyl (C=O) groups excluding carboxylic acids is 1. The molecule has 17 heavy (non-hydrogen) atoms. The molecule has 0 radical (unpaired) electrons. The Morgan fingerprint density at radius 1 is 1.47 bits per heavy atom. The Morgan fingerprint density at radius 3 is 2.88 bits per heavy atom. The van der Waals surface area contributed by atoms with E-state index in [1.54, 1.807) is 4.90 Å². The summed E-state index contributed by atoms with van der Waals surface area (Å²) in [7, 11) is 2.01. The van der Waals surface area contributed by atoms with E-state index < -0.39 is 0 Å². The van der Waals surface area contributed by atoms with Gasteiger partial charge in [-0.3, -0.25) is 4.90 Å². The fraction of sp³-hybridized carbons (Fsp3) is 0.583. The third-order valence-corrected chi connectivity index (χ3v) is 2.82. The number of aryl methyl sites for hydroxylation is 1. The number of hydrogen-bond donors (Lipinski definition) is 0. The van der Waals surface area contributed by atoms with Crippen LogP contribution in [0.1, 0.15) is 11.5 Å². The van der Waals surface area contributed by atoms with Crippen LogP contribution in [-0.2, 0) is 11.3 Å². The van der Waals surface area contributed by atoms with Crippen LogP contribution in [0.5, 0.6) is 0 Å². The topological polar surface area (TPSA) is 45.9 Å². The van der Waals surface area contributed by atoms with Gasteiger partial charge >= 0.3 is 6.09 Å². The minimum atomic E-state index is -0.202. The van der Waals surface area contributed by atoms with Crippen LogP contribution in [0.4, 0.5) is 4.79 Å². The Kier molecular flexibility index (Phi) is 3.68. The van der Waals surface area contributed by atoms with Gasteiger partial charge in [-0.1, -0.05) is 0 Å². The number of ether oxygens (including phenoxy) is 1. The standard InChI is InChI=1S/C12H18N2O3/c1-10-3-4-11(17-10)9-13(2)5-6-14-7-8-16-12(14)15/h3-4H,5-9H2,1-2H3. The van der Waals surface area contributed by atoms with Crippen molar-refractivity contribution in [3.05, 3.63) is 23.7 Å². The highest BCUT2D eigenvalue weighted by molar-refractivity contribution is 5.69. The van der Waals surface area contributed by atoms with E-state index in [0.29, 0.717) is 19.7 Å². The fourth-order valence-electron chi connectivity index (χ4n) is 1.84. The van der Waals surface area contributed by atoms with Crippen LogP contribution < -0.4 is 0 Å². The smallest absolute Gasteiger partial charge is 0.409 e. The Morgan fingerprint density at radius 2 is 2.29 bits per heavy atom. The number of amides is 1. The molecular weight excluding hydrogens is 220 g/mol. The molecule has 1 aliphatic rings. The van der Waals surface area contributed by atoms with Gasteiger partial charge in [0, 0.05) is 13.1 Å². The molecule has 0 aromatic carbocycles. The van der Waals surface area contributed by atoms with Gasteiger partial charge in [0.1, 0.15) is 18.1 Å². The van der Waals surface area contributed by atoms with Crippen LogP contribution in [-0.4, -0.2) is 49.2 Å². The maximum absolute atomic E-state index is 11.2. The zero-order valence-corrected chi connectivity index (χ0v) is 10.3. The first-order valence-corrected chi connectivity index (χ1v) is 5.81. The summed E-state index contributed by atoms with van der Waals surface area (Å²) in [6, 6.07) is 3.94. The lowest BCUT2D eigenvalue weighted by molar-refractivity contribution is 0.154. The maximum Gasteiger partial charge on any atom is 0.409 e. The van der Waals surface area contributed by atoms with E-state index in [1.165, 1.54) is 0 Å². The van der Waals surface area contributed by atoms with Gasteiger partial charge in [-0.05, 0) is 26.1 Å².